The standard InChI is InChI=1S/C16H23NO2/c1-9-10(2)16(19-4)13-12(15(9)18-3)7-8-17-14(13)11-5-6-11/h11,14,17H,5-8H2,1-4H3. The van der Waals surface area contributed by atoms with Gasteiger partial charge in [-0.2, -0.15) is 0 Å². The van der Waals surface area contributed by atoms with Gasteiger partial charge < -0.3 is 14.8 Å². The van der Waals surface area contributed by atoms with Crippen LogP contribution in [0.25, 0.3) is 0 Å². The number of benzene rings is 1. The third-order valence-corrected chi connectivity index (χ3v) is 4.64. The molecule has 0 aromatic heterocycles. The Bertz CT molecular complexity index is 506. The third kappa shape index (κ3) is 1.91. The lowest BCUT2D eigenvalue weighted by atomic mass is 9.86. The van der Waals surface area contributed by atoms with Gasteiger partial charge in [0.1, 0.15) is 11.5 Å². The van der Waals surface area contributed by atoms with Crippen LogP contribution in [0.2, 0.25) is 0 Å². The Morgan fingerprint density at radius 1 is 1.00 bits per heavy atom. The Hall–Kier alpha value is -1.22. The Balaban J connectivity index is 2.23. The van der Waals surface area contributed by atoms with Crippen LogP contribution in [0.5, 0.6) is 11.5 Å². The molecule has 1 N–H and O–H groups in total. The summed E-state index contributed by atoms with van der Waals surface area (Å²) in [4.78, 5) is 0. The topological polar surface area (TPSA) is 30.5 Å². The summed E-state index contributed by atoms with van der Waals surface area (Å²) in [5.74, 6) is 2.91. The van der Waals surface area contributed by atoms with Gasteiger partial charge in [0.05, 0.1) is 14.2 Å². The van der Waals surface area contributed by atoms with Crippen molar-refractivity contribution in [3.8, 4) is 11.5 Å². The number of methoxy groups -OCH3 is 2. The average molecular weight is 261 g/mol. The Labute approximate surface area is 115 Å². The van der Waals surface area contributed by atoms with Crippen molar-refractivity contribution in [1.29, 1.82) is 0 Å². The maximum Gasteiger partial charge on any atom is 0.127 e. The van der Waals surface area contributed by atoms with E-state index in [1.54, 1.807) is 14.2 Å². The van der Waals surface area contributed by atoms with E-state index in [1.807, 2.05) is 0 Å². The van der Waals surface area contributed by atoms with E-state index in [-0.39, 0.29) is 0 Å². The number of ether oxygens (including phenoxy) is 2. The van der Waals surface area contributed by atoms with Crippen molar-refractivity contribution >= 4 is 0 Å². The molecule has 1 atom stereocenters. The van der Waals surface area contributed by atoms with Crippen LogP contribution in [-0.2, 0) is 6.42 Å². The van der Waals surface area contributed by atoms with Gasteiger partial charge in [-0.15, -0.1) is 0 Å². The molecule has 1 aliphatic carbocycles. The van der Waals surface area contributed by atoms with E-state index in [4.69, 9.17) is 9.47 Å². The average Bonchev–Trinajstić information content (AvgIpc) is 3.24. The quantitative estimate of drug-likeness (QED) is 0.907. The molecule has 1 heterocycles. The van der Waals surface area contributed by atoms with Gasteiger partial charge in [-0.1, -0.05) is 0 Å². The molecule has 1 unspecified atom stereocenters. The van der Waals surface area contributed by atoms with E-state index in [0.29, 0.717) is 6.04 Å². The molecule has 0 spiro atoms. The summed E-state index contributed by atoms with van der Waals surface area (Å²) in [7, 11) is 3.57. The highest BCUT2D eigenvalue weighted by Gasteiger charge is 2.38. The number of hydrogen-bond donors (Lipinski definition) is 1. The van der Waals surface area contributed by atoms with Crippen LogP contribution in [0.15, 0.2) is 0 Å². The van der Waals surface area contributed by atoms with Gasteiger partial charge in [0.2, 0.25) is 0 Å². The van der Waals surface area contributed by atoms with E-state index in [0.717, 1.165) is 30.4 Å². The van der Waals surface area contributed by atoms with Crippen molar-refractivity contribution in [3.63, 3.8) is 0 Å². The molecule has 3 rings (SSSR count). The molecule has 1 aromatic rings. The van der Waals surface area contributed by atoms with Crippen LogP contribution < -0.4 is 14.8 Å². The Morgan fingerprint density at radius 3 is 2.21 bits per heavy atom. The highest BCUT2D eigenvalue weighted by molar-refractivity contribution is 5.60. The first-order valence-electron chi connectivity index (χ1n) is 7.16. The second kappa shape index (κ2) is 4.71. The Kier molecular flexibility index (Phi) is 3.17. The maximum absolute atomic E-state index is 5.74. The number of fused-ring (bicyclic) bond motifs is 1. The fourth-order valence-electron chi connectivity index (χ4n) is 3.43. The van der Waals surface area contributed by atoms with Crippen LogP contribution in [0.4, 0.5) is 0 Å². The number of hydrogen-bond acceptors (Lipinski definition) is 3. The van der Waals surface area contributed by atoms with Gasteiger partial charge in [0, 0.05) is 17.2 Å². The van der Waals surface area contributed by atoms with Gasteiger partial charge in [-0.25, -0.2) is 0 Å². The van der Waals surface area contributed by atoms with E-state index in [2.05, 4.69) is 19.2 Å². The number of rotatable bonds is 3. The second-order valence-corrected chi connectivity index (χ2v) is 5.73. The molecule has 0 radical (unpaired) electrons. The van der Waals surface area contributed by atoms with Crippen LogP contribution in [0.1, 0.15) is 41.1 Å². The molecule has 1 saturated carbocycles. The maximum atomic E-state index is 5.74. The summed E-state index contributed by atoms with van der Waals surface area (Å²) in [6.07, 6.45) is 3.68. The van der Waals surface area contributed by atoms with E-state index < -0.39 is 0 Å². The molecule has 2 aliphatic rings. The van der Waals surface area contributed by atoms with Gasteiger partial charge in [0.25, 0.3) is 0 Å². The summed E-state index contributed by atoms with van der Waals surface area (Å²) in [6.45, 7) is 5.30. The fraction of sp³-hybridized carbons (Fsp3) is 0.625. The molecule has 1 fully saturated rings. The highest BCUT2D eigenvalue weighted by atomic mass is 16.5. The SMILES string of the molecule is COc1c(C)c(C)c(OC)c2c1CCNC2C1CC1. The lowest BCUT2D eigenvalue weighted by Crippen LogP contribution is -2.32. The summed E-state index contributed by atoms with van der Waals surface area (Å²) >= 11 is 0. The first-order chi connectivity index (χ1) is 9.19. The minimum absolute atomic E-state index is 0.451. The van der Waals surface area contributed by atoms with Gasteiger partial charge in [-0.3, -0.25) is 0 Å². The highest BCUT2D eigenvalue weighted by Crippen LogP contribution is 2.50. The molecule has 104 valence electrons. The van der Waals surface area contributed by atoms with Crippen LogP contribution in [-0.4, -0.2) is 20.8 Å². The predicted octanol–water partition coefficient (Wildman–Crippen LogP) is 2.92. The first-order valence-corrected chi connectivity index (χ1v) is 7.16. The second-order valence-electron chi connectivity index (χ2n) is 5.73. The van der Waals surface area contributed by atoms with Gasteiger partial charge in [-0.05, 0) is 56.7 Å². The monoisotopic (exact) mass is 261 g/mol. The zero-order chi connectivity index (χ0) is 13.6. The number of nitrogens with one attached hydrogen (secondary N) is 1. The van der Waals surface area contributed by atoms with Crippen LogP contribution in [0, 0.1) is 19.8 Å². The van der Waals surface area contributed by atoms with E-state index in [1.165, 1.54) is 35.1 Å². The molecular formula is C16H23NO2. The zero-order valence-electron chi connectivity index (χ0n) is 12.3. The van der Waals surface area contributed by atoms with Crippen molar-refractivity contribution < 1.29 is 9.47 Å². The molecule has 3 nitrogen and oxygen atoms in total. The largest absolute Gasteiger partial charge is 0.496 e. The normalized spacial score (nSPS) is 22.0. The molecule has 0 amide bonds. The lowest BCUT2D eigenvalue weighted by Gasteiger charge is -2.32. The van der Waals surface area contributed by atoms with Gasteiger partial charge in [0.15, 0.2) is 0 Å². The van der Waals surface area contributed by atoms with Crippen molar-refractivity contribution in [1.82, 2.24) is 5.32 Å². The van der Waals surface area contributed by atoms with Gasteiger partial charge >= 0.3 is 0 Å². The van der Waals surface area contributed by atoms with Crippen molar-refractivity contribution in [2.45, 2.75) is 39.2 Å². The van der Waals surface area contributed by atoms with Crippen LogP contribution >= 0.6 is 0 Å². The molecule has 0 saturated heterocycles. The van der Waals surface area contributed by atoms with E-state index in [9.17, 15) is 0 Å². The predicted molar refractivity (Wildman–Crippen MR) is 76.2 cm³/mol. The lowest BCUT2D eigenvalue weighted by molar-refractivity contribution is 0.362. The summed E-state index contributed by atoms with van der Waals surface area (Å²) in [6, 6.07) is 0.451. The van der Waals surface area contributed by atoms with Crippen LogP contribution in [0.3, 0.4) is 0 Å². The summed E-state index contributed by atoms with van der Waals surface area (Å²) in [5.41, 5.74) is 5.15. The Morgan fingerprint density at radius 2 is 1.63 bits per heavy atom. The minimum atomic E-state index is 0.451. The third-order valence-electron chi connectivity index (χ3n) is 4.64. The fourth-order valence-corrected chi connectivity index (χ4v) is 3.43. The molecule has 1 aromatic carbocycles. The molecule has 1 aliphatic heterocycles. The molecule has 19 heavy (non-hydrogen) atoms. The smallest absolute Gasteiger partial charge is 0.127 e. The zero-order valence-corrected chi connectivity index (χ0v) is 12.3. The summed E-state index contributed by atoms with van der Waals surface area (Å²) in [5, 5.41) is 3.67. The van der Waals surface area contributed by atoms with Crippen molar-refractivity contribution in [3.05, 3.63) is 22.3 Å². The molecular weight excluding hydrogens is 238 g/mol. The van der Waals surface area contributed by atoms with Crippen molar-refractivity contribution in [2.75, 3.05) is 20.8 Å². The minimum Gasteiger partial charge on any atom is -0.496 e. The first kappa shape index (κ1) is 12.8. The molecule has 3 heteroatoms. The van der Waals surface area contributed by atoms with E-state index >= 15 is 0 Å². The summed E-state index contributed by atoms with van der Waals surface area (Å²) < 4.78 is 11.4. The van der Waals surface area contributed by atoms with Crippen molar-refractivity contribution in [2.24, 2.45) is 5.92 Å². The molecule has 0 bridgehead atoms.